The minimum Gasteiger partial charge on any atom is -0.392 e. The first-order valence-corrected chi connectivity index (χ1v) is 3.30. The third-order valence-corrected chi connectivity index (χ3v) is 1.53. The van der Waals surface area contributed by atoms with Crippen molar-refractivity contribution in [2.24, 2.45) is 0 Å². The number of ether oxygens (including phenoxy) is 1. The van der Waals surface area contributed by atoms with Gasteiger partial charge in [-0.2, -0.15) is 0 Å². The third kappa shape index (κ3) is 2.84. The maximum atomic E-state index is 9.03. The Hall–Kier alpha value is 0.170. The van der Waals surface area contributed by atoms with Gasteiger partial charge >= 0.3 is 0 Å². The summed E-state index contributed by atoms with van der Waals surface area (Å²) in [7, 11) is 0. The summed E-state index contributed by atoms with van der Waals surface area (Å²) in [5.74, 6) is 0. The number of hydrogen-bond donors (Lipinski definition) is 2. The summed E-state index contributed by atoms with van der Waals surface area (Å²) in [5, 5.41) is 12.2. The topological polar surface area (TPSA) is 41.5 Å². The van der Waals surface area contributed by atoms with Crippen molar-refractivity contribution in [3.8, 4) is 0 Å². The number of morpholine rings is 1. The molecular weight excluding hydrogens is 154 g/mol. The molecule has 0 radical (unpaired) electrons. The number of hydrogen-bond acceptors (Lipinski definition) is 3. The van der Waals surface area contributed by atoms with Crippen LogP contribution in [0.4, 0.5) is 0 Å². The highest BCUT2D eigenvalue weighted by Gasteiger charge is 2.16. The molecule has 3 nitrogen and oxygen atoms in total. The SMILES string of the molecule is CC(O)C1COCCN1.Cl. The van der Waals surface area contributed by atoms with Crippen LogP contribution in [0.2, 0.25) is 0 Å². The molecule has 10 heavy (non-hydrogen) atoms. The van der Waals surface area contributed by atoms with Crippen LogP contribution in [0.1, 0.15) is 6.92 Å². The van der Waals surface area contributed by atoms with Crippen molar-refractivity contribution in [3.63, 3.8) is 0 Å². The molecule has 1 rings (SSSR count). The molecule has 0 spiro atoms. The van der Waals surface area contributed by atoms with E-state index in [1.54, 1.807) is 6.92 Å². The fourth-order valence-corrected chi connectivity index (χ4v) is 0.896. The van der Waals surface area contributed by atoms with Crippen molar-refractivity contribution in [1.82, 2.24) is 5.32 Å². The highest BCUT2D eigenvalue weighted by Crippen LogP contribution is 1.97. The number of halogens is 1. The minimum absolute atomic E-state index is 0. The molecule has 1 aliphatic heterocycles. The summed E-state index contributed by atoms with van der Waals surface area (Å²) >= 11 is 0. The van der Waals surface area contributed by atoms with Crippen LogP contribution >= 0.6 is 12.4 Å². The fraction of sp³-hybridized carbons (Fsp3) is 1.00. The summed E-state index contributed by atoms with van der Waals surface area (Å²) < 4.78 is 5.12. The Kier molecular flexibility index (Phi) is 4.99. The van der Waals surface area contributed by atoms with Crippen LogP contribution in [0.15, 0.2) is 0 Å². The standard InChI is InChI=1S/C6H13NO2.ClH/c1-5(8)6-4-9-3-2-7-6;/h5-8H,2-4H2,1H3;1H. The van der Waals surface area contributed by atoms with Gasteiger partial charge in [0, 0.05) is 6.54 Å². The van der Waals surface area contributed by atoms with E-state index >= 15 is 0 Å². The van der Waals surface area contributed by atoms with Gasteiger partial charge in [0.05, 0.1) is 25.4 Å². The maximum absolute atomic E-state index is 9.03. The molecule has 0 bridgehead atoms. The second kappa shape index (κ2) is 4.91. The normalized spacial score (nSPS) is 28.8. The lowest BCUT2D eigenvalue weighted by atomic mass is 10.2. The molecule has 0 aliphatic carbocycles. The molecule has 2 unspecified atom stereocenters. The lowest BCUT2D eigenvalue weighted by Crippen LogP contribution is -2.47. The monoisotopic (exact) mass is 167 g/mol. The van der Waals surface area contributed by atoms with Crippen LogP contribution in [0.5, 0.6) is 0 Å². The molecule has 2 atom stereocenters. The van der Waals surface area contributed by atoms with Gasteiger partial charge in [0.25, 0.3) is 0 Å². The van der Waals surface area contributed by atoms with E-state index in [1.165, 1.54) is 0 Å². The molecule has 0 aromatic rings. The van der Waals surface area contributed by atoms with E-state index in [4.69, 9.17) is 9.84 Å². The zero-order valence-electron chi connectivity index (χ0n) is 6.04. The van der Waals surface area contributed by atoms with Gasteiger partial charge in [-0.25, -0.2) is 0 Å². The molecule has 1 saturated heterocycles. The molecule has 0 aromatic carbocycles. The Bertz CT molecular complexity index is 83.8. The molecule has 1 fully saturated rings. The van der Waals surface area contributed by atoms with Gasteiger partial charge in [-0.3, -0.25) is 0 Å². The number of aliphatic hydroxyl groups excluding tert-OH is 1. The van der Waals surface area contributed by atoms with Crippen LogP contribution in [0.25, 0.3) is 0 Å². The average molecular weight is 168 g/mol. The van der Waals surface area contributed by atoms with Crippen molar-refractivity contribution in [2.45, 2.75) is 19.1 Å². The Balaban J connectivity index is 0.000000810. The number of nitrogens with one attached hydrogen (secondary N) is 1. The van der Waals surface area contributed by atoms with Gasteiger partial charge in [-0.05, 0) is 6.92 Å². The minimum atomic E-state index is -0.301. The molecule has 0 amide bonds. The predicted octanol–water partition coefficient (Wildman–Crippen LogP) is -0.223. The van der Waals surface area contributed by atoms with Crippen LogP contribution in [-0.2, 0) is 4.74 Å². The van der Waals surface area contributed by atoms with Crippen molar-refractivity contribution in [3.05, 3.63) is 0 Å². The Labute approximate surface area is 67.2 Å². The summed E-state index contributed by atoms with van der Waals surface area (Å²) in [6.45, 7) is 4.03. The zero-order chi connectivity index (χ0) is 6.69. The van der Waals surface area contributed by atoms with E-state index in [9.17, 15) is 0 Å². The van der Waals surface area contributed by atoms with E-state index in [0.29, 0.717) is 6.61 Å². The first-order chi connectivity index (χ1) is 4.30. The van der Waals surface area contributed by atoms with Gasteiger partial charge in [0.15, 0.2) is 0 Å². The average Bonchev–Trinajstić information content (AvgIpc) is 1.90. The predicted molar refractivity (Wildman–Crippen MR) is 41.5 cm³/mol. The number of rotatable bonds is 1. The maximum Gasteiger partial charge on any atom is 0.0687 e. The first-order valence-electron chi connectivity index (χ1n) is 3.30. The molecule has 4 heteroatoms. The third-order valence-electron chi connectivity index (χ3n) is 1.53. The molecular formula is C6H14ClNO2. The lowest BCUT2D eigenvalue weighted by molar-refractivity contribution is 0.0253. The van der Waals surface area contributed by atoms with E-state index in [2.05, 4.69) is 5.32 Å². The zero-order valence-corrected chi connectivity index (χ0v) is 6.86. The van der Waals surface area contributed by atoms with Crippen LogP contribution < -0.4 is 5.32 Å². The quantitative estimate of drug-likeness (QED) is 0.568. The molecule has 1 heterocycles. The van der Waals surface area contributed by atoms with Gasteiger partial charge in [0.2, 0.25) is 0 Å². The van der Waals surface area contributed by atoms with E-state index < -0.39 is 0 Å². The Morgan fingerprint density at radius 2 is 2.40 bits per heavy atom. The summed E-state index contributed by atoms with van der Waals surface area (Å²) in [6.07, 6.45) is -0.301. The van der Waals surface area contributed by atoms with Crippen molar-refractivity contribution < 1.29 is 9.84 Å². The molecule has 62 valence electrons. The van der Waals surface area contributed by atoms with Crippen LogP contribution in [0.3, 0.4) is 0 Å². The Morgan fingerprint density at radius 1 is 1.70 bits per heavy atom. The van der Waals surface area contributed by atoms with Gasteiger partial charge < -0.3 is 15.2 Å². The van der Waals surface area contributed by atoms with Gasteiger partial charge in [0.1, 0.15) is 0 Å². The first kappa shape index (κ1) is 10.2. The van der Waals surface area contributed by atoms with Crippen molar-refractivity contribution in [2.75, 3.05) is 19.8 Å². The fourth-order valence-electron chi connectivity index (χ4n) is 0.896. The highest BCUT2D eigenvalue weighted by molar-refractivity contribution is 5.85. The van der Waals surface area contributed by atoms with Gasteiger partial charge in [-0.1, -0.05) is 0 Å². The highest BCUT2D eigenvalue weighted by atomic mass is 35.5. The second-order valence-electron chi connectivity index (χ2n) is 2.38. The Morgan fingerprint density at radius 3 is 2.70 bits per heavy atom. The molecule has 0 aromatic heterocycles. The molecule has 0 saturated carbocycles. The van der Waals surface area contributed by atoms with Crippen LogP contribution in [-0.4, -0.2) is 37.0 Å². The summed E-state index contributed by atoms with van der Waals surface area (Å²) in [5.41, 5.74) is 0. The van der Waals surface area contributed by atoms with E-state index in [1.807, 2.05) is 0 Å². The van der Waals surface area contributed by atoms with Crippen molar-refractivity contribution >= 4 is 12.4 Å². The molecule has 1 aliphatic rings. The smallest absolute Gasteiger partial charge is 0.0687 e. The van der Waals surface area contributed by atoms with Gasteiger partial charge in [-0.15, -0.1) is 12.4 Å². The molecule has 2 N–H and O–H groups in total. The second-order valence-corrected chi connectivity index (χ2v) is 2.38. The summed E-state index contributed by atoms with van der Waals surface area (Å²) in [4.78, 5) is 0. The van der Waals surface area contributed by atoms with E-state index in [-0.39, 0.29) is 24.6 Å². The van der Waals surface area contributed by atoms with E-state index in [0.717, 1.165) is 13.2 Å². The van der Waals surface area contributed by atoms with Crippen LogP contribution in [0, 0.1) is 0 Å². The van der Waals surface area contributed by atoms with Crippen molar-refractivity contribution in [1.29, 1.82) is 0 Å². The summed E-state index contributed by atoms with van der Waals surface area (Å²) in [6, 6.07) is 0.138. The lowest BCUT2D eigenvalue weighted by Gasteiger charge is -2.25. The largest absolute Gasteiger partial charge is 0.392 e. The number of aliphatic hydroxyl groups is 1.